The lowest BCUT2D eigenvalue weighted by molar-refractivity contribution is 0.483. The Bertz CT molecular complexity index is 634. The van der Waals surface area contributed by atoms with E-state index in [2.05, 4.69) is 69.5 Å². The zero-order valence-electron chi connectivity index (χ0n) is 15.5. The van der Waals surface area contributed by atoms with E-state index in [-0.39, 0.29) is 11.5 Å². The van der Waals surface area contributed by atoms with E-state index in [0.717, 1.165) is 24.6 Å². The van der Waals surface area contributed by atoms with E-state index in [1.54, 1.807) is 0 Å². The third-order valence-corrected chi connectivity index (χ3v) is 5.56. The van der Waals surface area contributed by atoms with Crippen molar-refractivity contribution in [2.45, 2.75) is 73.0 Å². The highest BCUT2D eigenvalue weighted by molar-refractivity contribution is 7.12. The molecule has 0 aliphatic heterocycles. The molecule has 0 aromatic carbocycles. The second kappa shape index (κ2) is 7.14. The van der Waals surface area contributed by atoms with Crippen molar-refractivity contribution >= 4 is 11.3 Å². The summed E-state index contributed by atoms with van der Waals surface area (Å²) in [7, 11) is 0. The average molecular weight is 335 g/mol. The lowest BCUT2D eigenvalue weighted by Crippen LogP contribution is -2.21. The minimum atomic E-state index is 0.112. The zero-order chi connectivity index (χ0) is 17.2. The molecule has 0 radical (unpaired) electrons. The zero-order valence-corrected chi connectivity index (χ0v) is 16.3. The maximum Gasteiger partial charge on any atom is 0.122 e. The van der Waals surface area contributed by atoms with Crippen molar-refractivity contribution in [3.8, 4) is 0 Å². The monoisotopic (exact) mass is 334 g/mol. The van der Waals surface area contributed by atoms with Gasteiger partial charge in [0.15, 0.2) is 0 Å². The highest BCUT2D eigenvalue weighted by Crippen LogP contribution is 2.32. The van der Waals surface area contributed by atoms with Crippen LogP contribution in [0.15, 0.2) is 12.4 Å². The first-order valence-corrected chi connectivity index (χ1v) is 9.21. The number of rotatable bonds is 6. The molecular weight excluding hydrogens is 304 g/mol. The summed E-state index contributed by atoms with van der Waals surface area (Å²) in [5, 5.41) is 4.82. The summed E-state index contributed by atoms with van der Waals surface area (Å²) < 4.78 is 2.24. The molecular formula is C18H30N4S. The van der Waals surface area contributed by atoms with Gasteiger partial charge >= 0.3 is 0 Å². The Morgan fingerprint density at radius 1 is 1.26 bits per heavy atom. The number of imidazole rings is 1. The highest BCUT2D eigenvalue weighted by atomic mass is 32.1. The first kappa shape index (κ1) is 18.1. The van der Waals surface area contributed by atoms with E-state index in [1.807, 2.05) is 17.5 Å². The number of aryl methyl sites for hydroxylation is 1. The van der Waals surface area contributed by atoms with Crippen molar-refractivity contribution in [1.29, 1.82) is 0 Å². The molecule has 0 amide bonds. The van der Waals surface area contributed by atoms with Crippen LogP contribution in [0, 0.1) is 12.8 Å². The molecule has 0 bridgehead atoms. The number of aromatic nitrogens is 3. The molecule has 0 spiro atoms. The Hall–Kier alpha value is -1.20. The lowest BCUT2D eigenvalue weighted by atomic mass is 9.98. The predicted octanol–water partition coefficient (Wildman–Crippen LogP) is 4.45. The molecule has 23 heavy (non-hydrogen) atoms. The van der Waals surface area contributed by atoms with Gasteiger partial charge in [-0.05, 0) is 19.8 Å². The SMILES string of the molecule is Cc1nc(C(C)(C)C)sc1[C@H](C)NCc1nccn1CC(C)C. The van der Waals surface area contributed by atoms with Crippen molar-refractivity contribution in [3.63, 3.8) is 0 Å². The number of nitrogens with zero attached hydrogens (tertiary/aromatic N) is 3. The molecule has 1 atom stereocenters. The summed E-state index contributed by atoms with van der Waals surface area (Å²) in [4.78, 5) is 10.6. The molecule has 2 aromatic heterocycles. The van der Waals surface area contributed by atoms with Crippen molar-refractivity contribution in [1.82, 2.24) is 19.9 Å². The van der Waals surface area contributed by atoms with Crippen LogP contribution in [-0.4, -0.2) is 14.5 Å². The fourth-order valence-electron chi connectivity index (χ4n) is 2.53. The van der Waals surface area contributed by atoms with E-state index in [1.165, 1.54) is 9.88 Å². The van der Waals surface area contributed by atoms with Gasteiger partial charge in [0, 0.05) is 35.3 Å². The first-order chi connectivity index (χ1) is 10.7. The predicted molar refractivity (Wildman–Crippen MR) is 97.9 cm³/mol. The van der Waals surface area contributed by atoms with E-state index in [0.29, 0.717) is 5.92 Å². The molecule has 0 fully saturated rings. The van der Waals surface area contributed by atoms with Crippen LogP contribution in [0.1, 0.15) is 69.0 Å². The minimum Gasteiger partial charge on any atom is -0.334 e. The molecule has 4 nitrogen and oxygen atoms in total. The van der Waals surface area contributed by atoms with Gasteiger partial charge in [0.05, 0.1) is 17.2 Å². The molecule has 0 aliphatic rings. The number of hydrogen-bond acceptors (Lipinski definition) is 4. The van der Waals surface area contributed by atoms with Crippen molar-refractivity contribution in [2.24, 2.45) is 5.92 Å². The average Bonchev–Trinajstić information content (AvgIpc) is 3.01. The van der Waals surface area contributed by atoms with Gasteiger partial charge in [-0.15, -0.1) is 11.3 Å². The summed E-state index contributed by atoms with van der Waals surface area (Å²) >= 11 is 1.83. The largest absolute Gasteiger partial charge is 0.334 e. The summed E-state index contributed by atoms with van der Waals surface area (Å²) in [5.74, 6) is 1.72. The van der Waals surface area contributed by atoms with Crippen molar-refractivity contribution in [3.05, 3.63) is 33.8 Å². The molecule has 5 heteroatoms. The van der Waals surface area contributed by atoms with Gasteiger partial charge in [-0.25, -0.2) is 9.97 Å². The molecule has 1 N–H and O–H groups in total. The molecule has 0 saturated heterocycles. The molecule has 0 saturated carbocycles. The third-order valence-electron chi connectivity index (χ3n) is 3.80. The first-order valence-electron chi connectivity index (χ1n) is 8.39. The second-order valence-corrected chi connectivity index (χ2v) is 8.74. The Morgan fingerprint density at radius 3 is 2.52 bits per heavy atom. The fourth-order valence-corrected chi connectivity index (χ4v) is 3.69. The molecule has 2 aromatic rings. The summed E-state index contributed by atoms with van der Waals surface area (Å²) in [6, 6.07) is 0.285. The summed E-state index contributed by atoms with van der Waals surface area (Å²) in [5.41, 5.74) is 1.26. The lowest BCUT2D eigenvalue weighted by Gasteiger charge is -2.15. The summed E-state index contributed by atoms with van der Waals surface area (Å²) in [6.07, 6.45) is 3.96. The van der Waals surface area contributed by atoms with Gasteiger partial charge < -0.3 is 9.88 Å². The van der Waals surface area contributed by atoms with Gasteiger partial charge in [-0.3, -0.25) is 0 Å². The maximum atomic E-state index is 4.76. The van der Waals surface area contributed by atoms with Crippen LogP contribution < -0.4 is 5.32 Å². The molecule has 0 aliphatic carbocycles. The van der Waals surface area contributed by atoms with Crippen LogP contribution in [-0.2, 0) is 18.5 Å². The normalized spacial score (nSPS) is 13.7. The maximum absolute atomic E-state index is 4.76. The Morgan fingerprint density at radius 2 is 1.96 bits per heavy atom. The van der Waals surface area contributed by atoms with Gasteiger partial charge in [0.2, 0.25) is 0 Å². The third kappa shape index (κ3) is 4.64. The van der Waals surface area contributed by atoms with Crippen LogP contribution in [0.5, 0.6) is 0 Å². The molecule has 2 heterocycles. The van der Waals surface area contributed by atoms with E-state index in [4.69, 9.17) is 4.98 Å². The topological polar surface area (TPSA) is 42.7 Å². The number of hydrogen-bond donors (Lipinski definition) is 1. The fraction of sp³-hybridized carbons (Fsp3) is 0.667. The van der Waals surface area contributed by atoms with Crippen LogP contribution in [0.3, 0.4) is 0 Å². The number of nitrogens with one attached hydrogen (secondary N) is 1. The van der Waals surface area contributed by atoms with Crippen LogP contribution in [0.25, 0.3) is 0 Å². The summed E-state index contributed by atoms with van der Waals surface area (Å²) in [6.45, 7) is 17.2. The smallest absolute Gasteiger partial charge is 0.122 e. The van der Waals surface area contributed by atoms with E-state index < -0.39 is 0 Å². The highest BCUT2D eigenvalue weighted by Gasteiger charge is 2.22. The van der Waals surface area contributed by atoms with Crippen molar-refractivity contribution in [2.75, 3.05) is 0 Å². The number of thiazole rings is 1. The molecule has 0 unspecified atom stereocenters. The van der Waals surface area contributed by atoms with Crippen molar-refractivity contribution < 1.29 is 0 Å². The van der Waals surface area contributed by atoms with Crippen LogP contribution >= 0.6 is 11.3 Å². The minimum absolute atomic E-state index is 0.112. The Kier molecular flexibility index (Phi) is 5.63. The Balaban J connectivity index is 2.04. The standard InChI is InChI=1S/C18H30N4S/c1-12(2)11-22-9-8-19-15(22)10-20-13(3)16-14(4)21-17(23-16)18(5,6)7/h8-9,12-13,20H,10-11H2,1-7H3/t13-/m0/s1. The second-order valence-electron chi connectivity index (χ2n) is 7.71. The van der Waals surface area contributed by atoms with Gasteiger partial charge in [-0.1, -0.05) is 34.6 Å². The van der Waals surface area contributed by atoms with E-state index >= 15 is 0 Å². The molecule has 2 rings (SSSR count). The Labute approximate surface area is 144 Å². The van der Waals surface area contributed by atoms with Crippen LogP contribution in [0.2, 0.25) is 0 Å². The van der Waals surface area contributed by atoms with E-state index in [9.17, 15) is 0 Å². The quantitative estimate of drug-likeness (QED) is 0.848. The van der Waals surface area contributed by atoms with Gasteiger partial charge in [-0.2, -0.15) is 0 Å². The van der Waals surface area contributed by atoms with Gasteiger partial charge in [0.1, 0.15) is 5.82 Å². The van der Waals surface area contributed by atoms with Crippen LogP contribution in [0.4, 0.5) is 0 Å². The molecule has 128 valence electrons. The van der Waals surface area contributed by atoms with Gasteiger partial charge in [0.25, 0.3) is 0 Å².